The van der Waals surface area contributed by atoms with Crippen LogP contribution < -0.4 is 15.8 Å². The molecule has 0 saturated heterocycles. The molecule has 1 N–H and O–H groups in total. The minimum atomic E-state index is -0.578. The van der Waals surface area contributed by atoms with Crippen LogP contribution in [0.4, 0.5) is 5.69 Å². The average molecular weight is 338 g/mol. The molecule has 0 aliphatic rings. The number of nitrogens with zero attached hydrogens (tertiary/aromatic N) is 1. The molecular weight excluding hydrogens is 320 g/mol. The van der Waals surface area contributed by atoms with Gasteiger partial charge in [-0.15, -0.1) is 0 Å². The average Bonchev–Trinajstić information content (AvgIpc) is 2.96. The van der Waals surface area contributed by atoms with E-state index < -0.39 is 5.76 Å². The van der Waals surface area contributed by atoms with Gasteiger partial charge >= 0.3 is 5.76 Å². The lowest BCUT2D eigenvalue weighted by molar-refractivity contribution is -0.116. The fourth-order valence-corrected chi connectivity index (χ4v) is 2.43. The number of para-hydroxylation sites is 2. The summed E-state index contributed by atoms with van der Waals surface area (Å²) >= 11 is 0. The minimum absolute atomic E-state index is 0.147. The summed E-state index contributed by atoms with van der Waals surface area (Å²) in [5, 5.41) is 2.73. The van der Waals surface area contributed by atoms with E-state index in [1.165, 1.54) is 17.9 Å². The Kier molecular flexibility index (Phi) is 4.70. The Labute approximate surface area is 144 Å². The third-order valence-electron chi connectivity index (χ3n) is 3.74. The molecule has 0 fully saturated rings. The largest absolute Gasteiger partial charge is 0.495 e. The van der Waals surface area contributed by atoms with Crippen LogP contribution in [0.5, 0.6) is 5.75 Å². The van der Waals surface area contributed by atoms with Gasteiger partial charge in [0.05, 0.1) is 19.0 Å². The number of oxazole rings is 1. The van der Waals surface area contributed by atoms with Gasteiger partial charge in [0.15, 0.2) is 5.76 Å². The van der Waals surface area contributed by atoms with Gasteiger partial charge in [-0.25, -0.2) is 4.79 Å². The molecule has 25 heavy (non-hydrogen) atoms. The second kappa shape index (κ2) is 7.09. The van der Waals surface area contributed by atoms with Crippen molar-refractivity contribution in [1.82, 2.24) is 4.57 Å². The summed E-state index contributed by atoms with van der Waals surface area (Å²) in [6, 6.07) is 14.7. The summed E-state index contributed by atoms with van der Waals surface area (Å²) < 4.78 is 11.7. The first-order valence-corrected chi connectivity index (χ1v) is 7.77. The number of aromatic nitrogens is 1. The van der Waals surface area contributed by atoms with Gasteiger partial charge in [0.1, 0.15) is 12.3 Å². The van der Waals surface area contributed by atoms with Crippen molar-refractivity contribution >= 4 is 11.6 Å². The summed E-state index contributed by atoms with van der Waals surface area (Å²) in [5.41, 5.74) is 2.44. The first kappa shape index (κ1) is 16.6. The van der Waals surface area contributed by atoms with Gasteiger partial charge in [-0.05, 0) is 19.1 Å². The highest BCUT2D eigenvalue weighted by Gasteiger charge is 2.13. The lowest BCUT2D eigenvalue weighted by Gasteiger charge is -2.09. The number of benzene rings is 2. The Morgan fingerprint density at radius 1 is 1.16 bits per heavy atom. The van der Waals surface area contributed by atoms with E-state index in [4.69, 9.17) is 9.15 Å². The van der Waals surface area contributed by atoms with Crippen molar-refractivity contribution in [2.24, 2.45) is 0 Å². The molecule has 3 rings (SSSR count). The van der Waals surface area contributed by atoms with Crippen LogP contribution in [-0.2, 0) is 11.3 Å². The Balaban J connectivity index is 1.76. The van der Waals surface area contributed by atoms with Gasteiger partial charge in [0.2, 0.25) is 5.91 Å². The first-order chi connectivity index (χ1) is 12.1. The van der Waals surface area contributed by atoms with Gasteiger partial charge < -0.3 is 14.5 Å². The van der Waals surface area contributed by atoms with Crippen LogP contribution in [0.25, 0.3) is 11.3 Å². The summed E-state index contributed by atoms with van der Waals surface area (Å²) in [4.78, 5) is 24.2. The van der Waals surface area contributed by atoms with Crippen LogP contribution in [0.1, 0.15) is 5.56 Å². The van der Waals surface area contributed by atoms with Gasteiger partial charge in [-0.1, -0.05) is 42.0 Å². The molecule has 128 valence electrons. The number of anilines is 1. The number of hydrogen-bond acceptors (Lipinski definition) is 4. The van der Waals surface area contributed by atoms with Gasteiger partial charge in [0, 0.05) is 5.56 Å². The molecule has 0 radical (unpaired) electrons. The zero-order valence-electron chi connectivity index (χ0n) is 14.0. The SMILES string of the molecule is COc1ccccc1NC(=O)Cn1cc(-c2ccc(C)cc2)oc1=O. The molecule has 3 aromatic rings. The van der Waals surface area contributed by atoms with Gasteiger partial charge in [-0.3, -0.25) is 9.36 Å². The molecule has 1 heterocycles. The van der Waals surface area contributed by atoms with E-state index >= 15 is 0 Å². The lowest BCUT2D eigenvalue weighted by Crippen LogP contribution is -2.24. The van der Waals surface area contributed by atoms with Gasteiger partial charge in [0.25, 0.3) is 0 Å². The van der Waals surface area contributed by atoms with E-state index in [0.29, 0.717) is 17.2 Å². The summed E-state index contributed by atoms with van der Waals surface area (Å²) in [5.74, 6) is 0.0550. The zero-order valence-corrected chi connectivity index (χ0v) is 14.0. The smallest absolute Gasteiger partial charge is 0.419 e. The molecule has 0 aliphatic heterocycles. The Hall–Kier alpha value is -3.28. The number of aryl methyl sites for hydroxylation is 1. The van der Waals surface area contributed by atoms with Crippen molar-refractivity contribution in [2.45, 2.75) is 13.5 Å². The van der Waals surface area contributed by atoms with Crippen LogP contribution in [0.3, 0.4) is 0 Å². The predicted molar refractivity (Wildman–Crippen MR) is 94.8 cm³/mol. The maximum Gasteiger partial charge on any atom is 0.419 e. The van der Waals surface area contributed by atoms with Gasteiger partial charge in [-0.2, -0.15) is 0 Å². The van der Waals surface area contributed by atoms with Crippen LogP contribution in [0.15, 0.2) is 63.9 Å². The van der Waals surface area contributed by atoms with Crippen molar-refractivity contribution in [3.05, 3.63) is 70.8 Å². The molecule has 0 spiro atoms. The highest BCUT2D eigenvalue weighted by molar-refractivity contribution is 5.92. The number of rotatable bonds is 5. The molecule has 2 aromatic carbocycles. The van der Waals surface area contributed by atoms with Crippen molar-refractivity contribution < 1.29 is 13.9 Å². The molecule has 1 aromatic heterocycles. The second-order valence-electron chi connectivity index (χ2n) is 5.60. The molecule has 0 aliphatic carbocycles. The number of carbonyl (C=O) groups is 1. The van der Waals surface area contributed by atoms with Crippen LogP contribution >= 0.6 is 0 Å². The number of methoxy groups -OCH3 is 1. The summed E-state index contributed by atoms with van der Waals surface area (Å²) in [7, 11) is 1.53. The molecule has 1 amide bonds. The van der Waals surface area contributed by atoms with E-state index in [0.717, 1.165) is 11.1 Å². The maximum atomic E-state index is 12.2. The van der Waals surface area contributed by atoms with E-state index in [2.05, 4.69) is 5.32 Å². The summed E-state index contributed by atoms with van der Waals surface area (Å²) in [6.45, 7) is 1.83. The van der Waals surface area contributed by atoms with Crippen LogP contribution in [0.2, 0.25) is 0 Å². The first-order valence-electron chi connectivity index (χ1n) is 7.77. The third-order valence-corrected chi connectivity index (χ3v) is 3.74. The maximum absolute atomic E-state index is 12.2. The lowest BCUT2D eigenvalue weighted by atomic mass is 10.1. The molecule has 0 unspecified atom stereocenters. The van der Waals surface area contributed by atoms with Crippen LogP contribution in [0, 0.1) is 6.92 Å². The summed E-state index contributed by atoms with van der Waals surface area (Å²) in [6.07, 6.45) is 1.54. The van der Waals surface area contributed by atoms with E-state index in [9.17, 15) is 9.59 Å². The second-order valence-corrected chi connectivity index (χ2v) is 5.60. The molecule has 0 atom stereocenters. The monoisotopic (exact) mass is 338 g/mol. The normalized spacial score (nSPS) is 10.5. The zero-order chi connectivity index (χ0) is 17.8. The molecular formula is C19H18N2O4. The van der Waals surface area contributed by atoms with Crippen LogP contribution in [-0.4, -0.2) is 17.6 Å². The standard InChI is InChI=1S/C19H18N2O4/c1-13-7-9-14(10-8-13)17-11-21(19(23)25-17)12-18(22)20-15-5-3-4-6-16(15)24-2/h3-11H,12H2,1-2H3,(H,20,22). The van der Waals surface area contributed by atoms with E-state index in [-0.39, 0.29) is 12.5 Å². The van der Waals surface area contributed by atoms with E-state index in [1.807, 2.05) is 37.3 Å². The number of ether oxygens (including phenoxy) is 1. The topological polar surface area (TPSA) is 73.5 Å². The number of carbonyl (C=O) groups excluding carboxylic acids is 1. The fourth-order valence-electron chi connectivity index (χ4n) is 2.43. The Morgan fingerprint density at radius 2 is 1.88 bits per heavy atom. The molecule has 6 nitrogen and oxygen atoms in total. The van der Waals surface area contributed by atoms with Crippen molar-refractivity contribution in [2.75, 3.05) is 12.4 Å². The highest BCUT2D eigenvalue weighted by Crippen LogP contribution is 2.23. The molecule has 0 bridgehead atoms. The van der Waals surface area contributed by atoms with Crippen molar-refractivity contribution in [3.63, 3.8) is 0 Å². The number of hydrogen-bond donors (Lipinski definition) is 1. The van der Waals surface area contributed by atoms with Crippen molar-refractivity contribution in [1.29, 1.82) is 0 Å². The predicted octanol–water partition coefficient (Wildman–Crippen LogP) is 3.06. The quantitative estimate of drug-likeness (QED) is 0.776. The highest BCUT2D eigenvalue weighted by atomic mass is 16.5. The Bertz CT molecular complexity index is 939. The third kappa shape index (κ3) is 3.80. The van der Waals surface area contributed by atoms with Crippen molar-refractivity contribution in [3.8, 4) is 17.1 Å². The molecule has 6 heteroatoms. The molecule has 0 saturated carbocycles. The Morgan fingerprint density at radius 3 is 2.60 bits per heavy atom. The number of nitrogens with one attached hydrogen (secondary N) is 1. The minimum Gasteiger partial charge on any atom is -0.495 e. The van der Waals surface area contributed by atoms with E-state index in [1.54, 1.807) is 18.2 Å². The number of amides is 1. The fraction of sp³-hybridized carbons (Fsp3) is 0.158.